The molecular formula is C13H24ClN5. The Kier molecular flexibility index (Phi) is 6.31. The Labute approximate surface area is 121 Å². The van der Waals surface area contributed by atoms with Crippen LogP contribution in [0.15, 0.2) is 12.3 Å². The first-order chi connectivity index (χ1) is 8.69. The second-order valence-corrected chi connectivity index (χ2v) is 5.23. The molecule has 0 aliphatic heterocycles. The van der Waals surface area contributed by atoms with Crippen molar-refractivity contribution in [3.63, 3.8) is 0 Å². The monoisotopic (exact) mass is 285 g/mol. The molecule has 1 aromatic rings. The molecule has 0 saturated heterocycles. The predicted octanol–water partition coefficient (Wildman–Crippen LogP) is 1.89. The molecule has 19 heavy (non-hydrogen) atoms. The van der Waals surface area contributed by atoms with Gasteiger partial charge in [0.1, 0.15) is 5.82 Å². The Morgan fingerprint density at radius 2 is 2.00 bits per heavy atom. The zero-order valence-corrected chi connectivity index (χ0v) is 12.5. The van der Waals surface area contributed by atoms with Crippen LogP contribution in [0.3, 0.4) is 0 Å². The topological polar surface area (TPSA) is 67.1 Å². The van der Waals surface area contributed by atoms with Gasteiger partial charge in [0.2, 0.25) is 5.95 Å². The fraction of sp³-hybridized carbons (Fsp3) is 0.692. The number of aromatic nitrogens is 2. The molecule has 1 heterocycles. The highest BCUT2D eigenvalue weighted by Gasteiger charge is 2.20. The molecule has 2 rings (SSSR count). The summed E-state index contributed by atoms with van der Waals surface area (Å²) < 4.78 is 0. The van der Waals surface area contributed by atoms with E-state index >= 15 is 0 Å². The van der Waals surface area contributed by atoms with E-state index in [4.69, 9.17) is 5.73 Å². The van der Waals surface area contributed by atoms with E-state index in [1.54, 1.807) is 6.20 Å². The van der Waals surface area contributed by atoms with E-state index in [9.17, 15) is 0 Å². The summed E-state index contributed by atoms with van der Waals surface area (Å²) >= 11 is 0. The Balaban J connectivity index is 0.00000180. The van der Waals surface area contributed by atoms with Gasteiger partial charge in [-0.25, -0.2) is 4.98 Å². The number of nitrogens with one attached hydrogen (secondary N) is 1. The van der Waals surface area contributed by atoms with Crippen LogP contribution >= 0.6 is 12.4 Å². The zero-order valence-electron chi connectivity index (χ0n) is 11.7. The standard InChI is InChI=1S/C13H23N5.ClH/c1-18(2)12-7-8-15-13(17-12)16-11-5-3-10(9-14)4-6-11;/h7-8,10-11H,3-6,9,14H2,1-2H3,(H,15,16,17);1H/t10-,11+;. The highest BCUT2D eigenvalue weighted by Crippen LogP contribution is 2.25. The van der Waals surface area contributed by atoms with E-state index < -0.39 is 0 Å². The van der Waals surface area contributed by atoms with Crippen LogP contribution < -0.4 is 16.0 Å². The van der Waals surface area contributed by atoms with Gasteiger partial charge in [0.25, 0.3) is 0 Å². The summed E-state index contributed by atoms with van der Waals surface area (Å²) in [6, 6.07) is 2.40. The van der Waals surface area contributed by atoms with Crippen LogP contribution in [0.5, 0.6) is 0 Å². The van der Waals surface area contributed by atoms with Crippen molar-refractivity contribution in [2.24, 2.45) is 11.7 Å². The maximum atomic E-state index is 5.70. The van der Waals surface area contributed by atoms with E-state index in [0.717, 1.165) is 31.2 Å². The quantitative estimate of drug-likeness (QED) is 0.884. The summed E-state index contributed by atoms with van der Waals surface area (Å²) in [6.45, 7) is 0.819. The zero-order chi connectivity index (χ0) is 13.0. The number of rotatable bonds is 4. The maximum absolute atomic E-state index is 5.70. The van der Waals surface area contributed by atoms with Crippen LogP contribution in [0, 0.1) is 5.92 Å². The molecule has 0 bridgehead atoms. The van der Waals surface area contributed by atoms with E-state index in [0.29, 0.717) is 12.0 Å². The molecule has 3 N–H and O–H groups in total. The van der Waals surface area contributed by atoms with E-state index in [2.05, 4.69) is 15.3 Å². The third-order valence-corrected chi connectivity index (χ3v) is 3.61. The molecule has 0 unspecified atom stereocenters. The molecule has 0 radical (unpaired) electrons. The second-order valence-electron chi connectivity index (χ2n) is 5.23. The van der Waals surface area contributed by atoms with Gasteiger partial charge in [-0.05, 0) is 44.2 Å². The number of anilines is 2. The van der Waals surface area contributed by atoms with Gasteiger partial charge in [0.05, 0.1) is 0 Å². The molecule has 0 aromatic carbocycles. The van der Waals surface area contributed by atoms with Crippen LogP contribution in [-0.2, 0) is 0 Å². The number of nitrogens with two attached hydrogens (primary N) is 1. The lowest BCUT2D eigenvalue weighted by molar-refractivity contribution is 0.344. The number of hydrogen-bond acceptors (Lipinski definition) is 5. The summed E-state index contributed by atoms with van der Waals surface area (Å²) in [5, 5.41) is 3.43. The fourth-order valence-electron chi connectivity index (χ4n) is 2.39. The van der Waals surface area contributed by atoms with Crippen LogP contribution in [-0.4, -0.2) is 36.6 Å². The first kappa shape index (κ1) is 16.0. The van der Waals surface area contributed by atoms with Crippen molar-refractivity contribution in [3.8, 4) is 0 Å². The minimum Gasteiger partial charge on any atom is -0.363 e. The predicted molar refractivity (Wildman–Crippen MR) is 82.0 cm³/mol. The normalized spacial score (nSPS) is 22.5. The average Bonchev–Trinajstić information content (AvgIpc) is 2.40. The lowest BCUT2D eigenvalue weighted by Gasteiger charge is -2.28. The molecule has 0 spiro atoms. The summed E-state index contributed by atoms with van der Waals surface area (Å²) in [7, 11) is 3.97. The highest BCUT2D eigenvalue weighted by molar-refractivity contribution is 5.85. The smallest absolute Gasteiger partial charge is 0.224 e. The Morgan fingerprint density at radius 3 is 2.58 bits per heavy atom. The molecule has 1 saturated carbocycles. The maximum Gasteiger partial charge on any atom is 0.224 e. The molecule has 1 aliphatic rings. The van der Waals surface area contributed by atoms with Crippen molar-refractivity contribution in [2.75, 3.05) is 30.9 Å². The van der Waals surface area contributed by atoms with Gasteiger partial charge in [0, 0.05) is 26.3 Å². The van der Waals surface area contributed by atoms with Gasteiger partial charge >= 0.3 is 0 Å². The molecule has 6 heteroatoms. The second kappa shape index (κ2) is 7.50. The Morgan fingerprint density at radius 1 is 1.32 bits per heavy atom. The van der Waals surface area contributed by atoms with Crippen LogP contribution in [0.4, 0.5) is 11.8 Å². The SMILES string of the molecule is CN(C)c1ccnc(N[C@H]2CC[C@@H](CN)CC2)n1.Cl. The van der Waals surface area contributed by atoms with Crippen molar-refractivity contribution in [2.45, 2.75) is 31.7 Å². The fourth-order valence-corrected chi connectivity index (χ4v) is 2.39. The van der Waals surface area contributed by atoms with Gasteiger partial charge in [-0.15, -0.1) is 12.4 Å². The van der Waals surface area contributed by atoms with Crippen molar-refractivity contribution < 1.29 is 0 Å². The number of halogens is 1. The summed E-state index contributed by atoms with van der Waals surface area (Å²) in [4.78, 5) is 10.8. The summed E-state index contributed by atoms with van der Waals surface area (Å²) in [5.74, 6) is 2.37. The lowest BCUT2D eigenvalue weighted by Crippen LogP contribution is -2.29. The van der Waals surface area contributed by atoms with E-state index in [-0.39, 0.29) is 12.4 Å². The Hall–Kier alpha value is -1.07. The van der Waals surface area contributed by atoms with Crippen molar-refractivity contribution in [1.29, 1.82) is 0 Å². The van der Waals surface area contributed by atoms with Gasteiger partial charge in [0.15, 0.2) is 0 Å². The van der Waals surface area contributed by atoms with Crippen molar-refractivity contribution in [3.05, 3.63) is 12.3 Å². The van der Waals surface area contributed by atoms with Gasteiger partial charge in [-0.1, -0.05) is 0 Å². The summed E-state index contributed by atoms with van der Waals surface area (Å²) in [5.41, 5.74) is 5.70. The molecule has 5 nitrogen and oxygen atoms in total. The number of hydrogen-bond donors (Lipinski definition) is 2. The molecule has 0 atom stereocenters. The van der Waals surface area contributed by atoms with Crippen molar-refractivity contribution in [1.82, 2.24) is 9.97 Å². The number of nitrogens with zero attached hydrogens (tertiary/aromatic N) is 3. The minimum absolute atomic E-state index is 0. The minimum atomic E-state index is 0. The molecule has 0 amide bonds. The van der Waals surface area contributed by atoms with Gasteiger partial charge in [-0.2, -0.15) is 4.98 Å². The highest BCUT2D eigenvalue weighted by atomic mass is 35.5. The first-order valence-electron chi connectivity index (χ1n) is 6.66. The van der Waals surface area contributed by atoms with Crippen LogP contribution in [0.25, 0.3) is 0 Å². The average molecular weight is 286 g/mol. The third-order valence-electron chi connectivity index (χ3n) is 3.61. The molecule has 1 fully saturated rings. The Bertz CT molecular complexity index is 377. The molecular weight excluding hydrogens is 262 g/mol. The third kappa shape index (κ3) is 4.51. The first-order valence-corrected chi connectivity index (χ1v) is 6.66. The lowest BCUT2D eigenvalue weighted by atomic mass is 9.86. The molecule has 1 aromatic heterocycles. The molecule has 108 valence electrons. The van der Waals surface area contributed by atoms with Gasteiger partial charge in [-0.3, -0.25) is 0 Å². The van der Waals surface area contributed by atoms with Gasteiger partial charge < -0.3 is 16.0 Å². The summed E-state index contributed by atoms with van der Waals surface area (Å²) in [6.07, 6.45) is 6.55. The van der Waals surface area contributed by atoms with E-state index in [1.807, 2.05) is 25.1 Å². The molecule has 1 aliphatic carbocycles. The van der Waals surface area contributed by atoms with Crippen LogP contribution in [0.1, 0.15) is 25.7 Å². The van der Waals surface area contributed by atoms with Crippen LogP contribution in [0.2, 0.25) is 0 Å². The van der Waals surface area contributed by atoms with E-state index in [1.165, 1.54) is 12.8 Å². The van der Waals surface area contributed by atoms with Crippen molar-refractivity contribution >= 4 is 24.2 Å². The largest absolute Gasteiger partial charge is 0.363 e.